The lowest BCUT2D eigenvalue weighted by Crippen LogP contribution is -1.90. The van der Waals surface area contributed by atoms with E-state index in [9.17, 15) is 0 Å². The first-order valence-corrected chi connectivity index (χ1v) is 6.16. The highest BCUT2D eigenvalue weighted by atomic mass is 32.1. The van der Waals surface area contributed by atoms with Gasteiger partial charge in [-0.1, -0.05) is 23.4 Å². The highest BCUT2D eigenvalue weighted by Gasteiger charge is 2.19. The first kappa shape index (κ1) is 10.4. The number of hydrogen-bond acceptors (Lipinski definition) is 6. The van der Waals surface area contributed by atoms with Gasteiger partial charge in [0.1, 0.15) is 5.76 Å². The zero-order valence-corrected chi connectivity index (χ0v) is 10.6. The van der Waals surface area contributed by atoms with Crippen molar-refractivity contribution in [3.05, 3.63) is 17.3 Å². The van der Waals surface area contributed by atoms with Gasteiger partial charge in [-0.2, -0.15) is 9.61 Å². The molecule has 3 aromatic rings. The smallest absolute Gasteiger partial charge is 0.234 e. The van der Waals surface area contributed by atoms with Gasteiger partial charge in [0.2, 0.25) is 4.96 Å². The molecule has 6 nitrogen and oxygen atoms in total. The number of rotatable bonds is 2. The van der Waals surface area contributed by atoms with Gasteiger partial charge in [-0.15, -0.1) is 10.2 Å². The average molecular weight is 249 g/mol. The fraction of sp³-hybridized carbons (Fsp3) is 0.400. The van der Waals surface area contributed by atoms with E-state index in [4.69, 9.17) is 4.52 Å². The van der Waals surface area contributed by atoms with Crippen molar-refractivity contribution >= 4 is 16.3 Å². The Hall–Kier alpha value is -1.76. The van der Waals surface area contributed by atoms with Gasteiger partial charge in [-0.05, 0) is 20.3 Å². The summed E-state index contributed by atoms with van der Waals surface area (Å²) in [6, 6.07) is 0. The lowest BCUT2D eigenvalue weighted by Gasteiger charge is -1.93. The summed E-state index contributed by atoms with van der Waals surface area (Å²) < 4.78 is 6.96. The van der Waals surface area contributed by atoms with Crippen LogP contribution in [0.3, 0.4) is 0 Å². The Balaban J connectivity index is 2.23. The second-order valence-electron chi connectivity index (χ2n) is 3.76. The topological polar surface area (TPSA) is 69.1 Å². The summed E-state index contributed by atoms with van der Waals surface area (Å²) in [5.74, 6) is 1.58. The second-order valence-corrected chi connectivity index (χ2v) is 4.72. The Bertz CT molecular complexity index is 680. The largest absolute Gasteiger partial charge is 0.361 e. The zero-order chi connectivity index (χ0) is 12.0. The Labute approximate surface area is 101 Å². The average Bonchev–Trinajstić information content (AvgIpc) is 2.95. The van der Waals surface area contributed by atoms with E-state index in [-0.39, 0.29) is 0 Å². The molecule has 3 aromatic heterocycles. The van der Waals surface area contributed by atoms with E-state index in [2.05, 4.69) is 20.5 Å². The number of aromatic nitrogens is 5. The van der Waals surface area contributed by atoms with E-state index >= 15 is 0 Å². The third-order valence-corrected chi connectivity index (χ3v) is 3.55. The van der Waals surface area contributed by atoms with Crippen molar-refractivity contribution in [3.63, 3.8) is 0 Å². The summed E-state index contributed by atoms with van der Waals surface area (Å²) in [6.45, 7) is 5.83. The van der Waals surface area contributed by atoms with Gasteiger partial charge in [0.15, 0.2) is 10.8 Å². The minimum Gasteiger partial charge on any atom is -0.361 e. The lowest BCUT2D eigenvalue weighted by atomic mass is 10.2. The van der Waals surface area contributed by atoms with Gasteiger partial charge < -0.3 is 4.52 Å². The van der Waals surface area contributed by atoms with Crippen LogP contribution in [0.15, 0.2) is 4.52 Å². The van der Waals surface area contributed by atoms with Gasteiger partial charge in [0.05, 0.1) is 11.3 Å². The normalized spacial score (nSPS) is 11.5. The molecule has 3 heterocycles. The van der Waals surface area contributed by atoms with Crippen molar-refractivity contribution in [3.8, 4) is 10.6 Å². The van der Waals surface area contributed by atoms with Crippen LogP contribution in [0.5, 0.6) is 0 Å². The van der Waals surface area contributed by atoms with Crippen LogP contribution in [0, 0.1) is 13.8 Å². The van der Waals surface area contributed by atoms with Crippen molar-refractivity contribution in [2.45, 2.75) is 27.2 Å². The number of aryl methyl sites for hydroxylation is 3. The third-order valence-electron chi connectivity index (χ3n) is 2.63. The maximum atomic E-state index is 5.22. The zero-order valence-electron chi connectivity index (χ0n) is 9.76. The molecule has 0 fully saturated rings. The summed E-state index contributed by atoms with van der Waals surface area (Å²) in [5.41, 5.74) is 1.92. The summed E-state index contributed by atoms with van der Waals surface area (Å²) in [4.78, 5) is 0.792. The molecule has 0 aliphatic heterocycles. The predicted octanol–water partition coefficient (Wildman–Crippen LogP) is 2.02. The molecule has 0 aliphatic rings. The first-order chi connectivity index (χ1) is 8.20. The molecule has 0 aliphatic carbocycles. The van der Waals surface area contributed by atoms with Gasteiger partial charge in [-0.3, -0.25) is 0 Å². The van der Waals surface area contributed by atoms with Crippen molar-refractivity contribution < 1.29 is 4.52 Å². The van der Waals surface area contributed by atoms with Gasteiger partial charge in [0, 0.05) is 0 Å². The van der Waals surface area contributed by atoms with Crippen LogP contribution in [0.4, 0.5) is 0 Å². The third kappa shape index (κ3) is 1.46. The molecule has 17 heavy (non-hydrogen) atoms. The quantitative estimate of drug-likeness (QED) is 0.695. The van der Waals surface area contributed by atoms with Crippen LogP contribution in [0.1, 0.15) is 24.2 Å². The van der Waals surface area contributed by atoms with E-state index in [1.807, 2.05) is 20.8 Å². The summed E-state index contributed by atoms with van der Waals surface area (Å²) in [5, 5.41) is 17.4. The fourth-order valence-corrected chi connectivity index (χ4v) is 2.75. The van der Waals surface area contributed by atoms with E-state index in [1.54, 1.807) is 4.52 Å². The van der Waals surface area contributed by atoms with E-state index in [0.29, 0.717) is 0 Å². The van der Waals surface area contributed by atoms with Crippen molar-refractivity contribution in [1.82, 2.24) is 25.0 Å². The summed E-state index contributed by atoms with van der Waals surface area (Å²) in [6.07, 6.45) is 0.825. The molecule has 0 saturated carbocycles. The predicted molar refractivity (Wildman–Crippen MR) is 63.0 cm³/mol. The maximum absolute atomic E-state index is 5.22. The highest BCUT2D eigenvalue weighted by molar-refractivity contribution is 7.19. The minimum atomic E-state index is 0.787. The molecule has 0 N–H and O–H groups in total. The highest BCUT2D eigenvalue weighted by Crippen LogP contribution is 2.31. The van der Waals surface area contributed by atoms with Crippen LogP contribution in [0.2, 0.25) is 0 Å². The standard InChI is InChI=1S/C10H11N5OS/c1-4-7-8(5(2)16-14-7)9-13-15-6(3)11-12-10(15)17-9/h4H2,1-3H3. The maximum Gasteiger partial charge on any atom is 0.234 e. The van der Waals surface area contributed by atoms with Gasteiger partial charge in [0.25, 0.3) is 0 Å². The number of fused-ring (bicyclic) bond motifs is 1. The molecule has 0 spiro atoms. The fourth-order valence-electron chi connectivity index (χ4n) is 1.75. The molecule has 0 amide bonds. The molecular formula is C10H11N5OS. The first-order valence-electron chi connectivity index (χ1n) is 5.35. The molecule has 0 unspecified atom stereocenters. The summed E-state index contributed by atoms with van der Waals surface area (Å²) in [7, 11) is 0. The number of nitrogens with zero attached hydrogens (tertiary/aromatic N) is 5. The molecule has 0 atom stereocenters. The van der Waals surface area contributed by atoms with E-state index < -0.39 is 0 Å². The van der Waals surface area contributed by atoms with Crippen molar-refractivity contribution in [1.29, 1.82) is 0 Å². The Morgan fingerprint density at radius 1 is 1.29 bits per heavy atom. The van der Waals surface area contributed by atoms with Crippen molar-refractivity contribution in [2.24, 2.45) is 0 Å². The van der Waals surface area contributed by atoms with Crippen molar-refractivity contribution in [2.75, 3.05) is 0 Å². The number of hydrogen-bond donors (Lipinski definition) is 0. The van der Waals surface area contributed by atoms with Crippen LogP contribution in [0.25, 0.3) is 15.5 Å². The van der Waals surface area contributed by atoms with Crippen LogP contribution in [-0.2, 0) is 6.42 Å². The Kier molecular flexibility index (Phi) is 2.22. The summed E-state index contributed by atoms with van der Waals surface area (Å²) >= 11 is 1.50. The molecule has 7 heteroatoms. The lowest BCUT2D eigenvalue weighted by molar-refractivity contribution is 0.391. The minimum absolute atomic E-state index is 0.787. The van der Waals surface area contributed by atoms with E-state index in [1.165, 1.54) is 11.3 Å². The van der Waals surface area contributed by atoms with Crippen LogP contribution >= 0.6 is 11.3 Å². The Morgan fingerprint density at radius 3 is 2.82 bits per heavy atom. The molecule has 3 rings (SSSR count). The molecule has 0 aromatic carbocycles. The van der Waals surface area contributed by atoms with Crippen LogP contribution < -0.4 is 0 Å². The van der Waals surface area contributed by atoms with Gasteiger partial charge >= 0.3 is 0 Å². The molecular weight excluding hydrogens is 238 g/mol. The molecule has 88 valence electrons. The van der Waals surface area contributed by atoms with E-state index in [0.717, 1.165) is 39.2 Å². The Morgan fingerprint density at radius 2 is 2.12 bits per heavy atom. The molecule has 0 radical (unpaired) electrons. The SMILES string of the molecule is CCc1noc(C)c1-c1nn2c(C)nnc2s1. The second kappa shape index (κ2) is 3.63. The molecule has 0 saturated heterocycles. The molecule has 0 bridgehead atoms. The monoisotopic (exact) mass is 249 g/mol. The van der Waals surface area contributed by atoms with Gasteiger partial charge in [-0.25, -0.2) is 0 Å². The van der Waals surface area contributed by atoms with Crippen LogP contribution in [-0.4, -0.2) is 25.0 Å².